The maximum atomic E-state index is 11.5. The predicted octanol–water partition coefficient (Wildman–Crippen LogP) is -0.919. The number of β-amino-alcohol motifs (C(OH)–C–C–N with tert-alkyl or cyclic N) is 1. The molecular weight excluding hydrogens is 549 g/mol. The summed E-state index contributed by atoms with van der Waals surface area (Å²) < 4.78 is 16.1. The van der Waals surface area contributed by atoms with Gasteiger partial charge in [-0.2, -0.15) is 0 Å². The van der Waals surface area contributed by atoms with Gasteiger partial charge in [0.1, 0.15) is 0 Å². The molecule has 40 heavy (non-hydrogen) atoms. The largest absolute Gasteiger partial charge is 0.696 e. The van der Waals surface area contributed by atoms with Crippen molar-refractivity contribution in [3.05, 3.63) is 0 Å². The minimum atomic E-state index is -2.77. The molecule has 0 aromatic carbocycles. The second-order valence-corrected chi connectivity index (χ2v) is 11.3. The van der Waals surface area contributed by atoms with E-state index in [4.69, 9.17) is 9.42 Å². The molecule has 1 saturated heterocycles. The molecule has 5 N–H and O–H groups in total. The van der Waals surface area contributed by atoms with Crippen LogP contribution in [0.5, 0.6) is 0 Å². The van der Waals surface area contributed by atoms with Gasteiger partial charge in [-0.15, -0.1) is 9.42 Å². The van der Waals surface area contributed by atoms with Gasteiger partial charge >= 0.3 is 26.2 Å². The molecule has 2 atom stereocenters. The summed E-state index contributed by atoms with van der Waals surface area (Å²) in [5, 5.41) is 39.1. The van der Waals surface area contributed by atoms with Crippen LogP contribution in [0.2, 0.25) is 0 Å². The fourth-order valence-corrected chi connectivity index (χ4v) is 5.56. The molecule has 15 nitrogen and oxygen atoms in total. The van der Waals surface area contributed by atoms with Crippen LogP contribution < -0.4 is 0 Å². The van der Waals surface area contributed by atoms with E-state index in [1.807, 2.05) is 9.80 Å². The first-order valence-electron chi connectivity index (χ1n) is 13.8. The van der Waals surface area contributed by atoms with Crippen LogP contribution in [0.25, 0.3) is 0 Å². The maximum absolute atomic E-state index is 11.5. The van der Waals surface area contributed by atoms with E-state index in [-0.39, 0.29) is 45.5 Å². The van der Waals surface area contributed by atoms with E-state index in [1.54, 1.807) is 14.7 Å². The fourth-order valence-electron chi connectivity index (χ4n) is 5.31. The second kappa shape index (κ2) is 18.6. The van der Waals surface area contributed by atoms with E-state index in [9.17, 15) is 39.4 Å². The van der Waals surface area contributed by atoms with Gasteiger partial charge in [0, 0.05) is 76.1 Å². The molecular formula is C24H45N5O10P+. The summed E-state index contributed by atoms with van der Waals surface area (Å²) in [5.41, 5.74) is 0. The zero-order chi connectivity index (χ0) is 29.5. The normalized spacial score (nSPS) is 21.4. The summed E-state index contributed by atoms with van der Waals surface area (Å²) in [4.78, 5) is 52.4. The first-order valence-corrected chi connectivity index (χ1v) is 14.9. The molecule has 1 aliphatic carbocycles. The highest BCUT2D eigenvalue weighted by atomic mass is 31.1. The van der Waals surface area contributed by atoms with Crippen LogP contribution in [-0.4, -0.2) is 172 Å². The highest BCUT2D eigenvalue weighted by Gasteiger charge is 2.28. The fraction of sp³-hybridized carbons (Fsp3) is 0.875. The van der Waals surface area contributed by atoms with Crippen molar-refractivity contribution in [3.63, 3.8) is 0 Å². The van der Waals surface area contributed by atoms with Gasteiger partial charge < -0.3 is 20.4 Å². The molecule has 16 heteroatoms. The zero-order valence-corrected chi connectivity index (χ0v) is 23.9. The predicted molar refractivity (Wildman–Crippen MR) is 144 cm³/mol. The number of carboxylic acids is 3. The Morgan fingerprint density at radius 1 is 0.750 bits per heavy atom. The minimum absolute atomic E-state index is 0.0704. The van der Waals surface area contributed by atoms with Crippen LogP contribution in [-0.2, 0) is 23.5 Å². The van der Waals surface area contributed by atoms with Gasteiger partial charge in [0.25, 0.3) is 0 Å². The van der Waals surface area contributed by atoms with Crippen molar-refractivity contribution in [1.82, 2.24) is 24.5 Å². The molecule has 1 aliphatic heterocycles. The third-order valence-corrected chi connectivity index (χ3v) is 7.68. The van der Waals surface area contributed by atoms with E-state index in [0.717, 1.165) is 32.1 Å². The highest BCUT2D eigenvalue weighted by molar-refractivity contribution is 7.32. The number of aliphatic hydroxyl groups excluding tert-OH is 1. The van der Waals surface area contributed by atoms with Crippen LogP contribution in [0, 0.1) is 0 Å². The lowest BCUT2D eigenvalue weighted by atomic mass is 9.94. The van der Waals surface area contributed by atoms with Crippen LogP contribution in [0.4, 0.5) is 0 Å². The van der Waals surface area contributed by atoms with Crippen LogP contribution in [0.3, 0.4) is 0 Å². The molecule has 0 amide bonds. The van der Waals surface area contributed by atoms with Crippen molar-refractivity contribution in [1.29, 1.82) is 0 Å². The Kier molecular flexibility index (Phi) is 16.0. The van der Waals surface area contributed by atoms with Gasteiger partial charge in [-0.05, 0) is 12.8 Å². The molecule has 230 valence electrons. The third-order valence-electron chi connectivity index (χ3n) is 7.35. The summed E-state index contributed by atoms with van der Waals surface area (Å²) in [6.45, 7) is 2.54. The van der Waals surface area contributed by atoms with Crippen LogP contribution in [0.1, 0.15) is 32.1 Å². The van der Waals surface area contributed by atoms with E-state index < -0.39 is 32.3 Å². The monoisotopic (exact) mass is 594 g/mol. The average Bonchev–Trinajstić information content (AvgIpc) is 2.87. The van der Waals surface area contributed by atoms with Gasteiger partial charge in [-0.25, -0.2) is 0 Å². The molecule has 2 unspecified atom stereocenters. The van der Waals surface area contributed by atoms with Gasteiger partial charge in [-0.3, -0.25) is 38.9 Å². The topological polar surface area (TPSA) is 195 Å². The Balaban J connectivity index is 2.12. The molecule has 1 heterocycles. The van der Waals surface area contributed by atoms with Crippen molar-refractivity contribution in [2.45, 2.75) is 44.2 Å². The molecule has 2 rings (SSSR count). The van der Waals surface area contributed by atoms with Gasteiger partial charge in [0.2, 0.25) is 0 Å². The summed E-state index contributed by atoms with van der Waals surface area (Å²) in [6, 6.07) is 0.135. The summed E-state index contributed by atoms with van der Waals surface area (Å²) in [5.74, 6) is -3.01. The van der Waals surface area contributed by atoms with Gasteiger partial charge in [0.05, 0.1) is 25.7 Å². The molecule has 0 spiro atoms. The molecule has 1 saturated carbocycles. The first kappa shape index (κ1) is 34.4. The second-order valence-electron chi connectivity index (χ2n) is 10.5. The van der Waals surface area contributed by atoms with Crippen molar-refractivity contribution in [3.8, 4) is 0 Å². The van der Waals surface area contributed by atoms with E-state index in [1.165, 1.54) is 0 Å². The molecule has 0 radical (unpaired) electrons. The molecule has 0 aromatic heterocycles. The van der Waals surface area contributed by atoms with Crippen molar-refractivity contribution in [2.24, 2.45) is 0 Å². The standard InChI is InChI=1S/C24H44N5O10P/c30-21(15-29(19-39-40(37)38)20-4-2-1-3-5-20)14-25-6-8-26(16-22(31)32)10-12-28(18-24(35)36)13-11-27(9-7-25)17-23(33)34/h20-21,30H,1-19H2,(H3-,31,32,33,34,35,36,37,38)/p+1. The van der Waals surface area contributed by atoms with Crippen molar-refractivity contribution >= 4 is 26.2 Å². The van der Waals surface area contributed by atoms with E-state index in [0.29, 0.717) is 52.4 Å². The van der Waals surface area contributed by atoms with E-state index in [2.05, 4.69) is 0 Å². The summed E-state index contributed by atoms with van der Waals surface area (Å²) in [6.07, 6.45) is 4.20. The number of hydrogen-bond acceptors (Lipinski definition) is 11. The van der Waals surface area contributed by atoms with Crippen molar-refractivity contribution < 1.29 is 48.8 Å². The highest BCUT2D eigenvalue weighted by Crippen LogP contribution is 2.25. The lowest BCUT2D eigenvalue weighted by Gasteiger charge is -2.36. The Hall–Kier alpha value is -1.81. The maximum Gasteiger partial charge on any atom is 0.696 e. The summed E-state index contributed by atoms with van der Waals surface area (Å²) >= 11 is 0. The van der Waals surface area contributed by atoms with Gasteiger partial charge in [-0.1, -0.05) is 19.3 Å². The molecule has 2 fully saturated rings. The lowest BCUT2D eigenvalue weighted by Crippen LogP contribution is -2.50. The molecule has 0 bridgehead atoms. The quantitative estimate of drug-likeness (QED) is 0.122. The number of rotatable bonds is 14. The zero-order valence-electron chi connectivity index (χ0n) is 23.1. The Bertz CT molecular complexity index is 787. The molecule has 0 aromatic rings. The van der Waals surface area contributed by atoms with Crippen molar-refractivity contribution in [2.75, 3.05) is 91.8 Å². The first-order chi connectivity index (χ1) is 19.0. The van der Waals surface area contributed by atoms with Gasteiger partial charge in [0.15, 0.2) is 6.73 Å². The number of hydrogen-bond donors (Lipinski definition) is 5. The lowest BCUT2D eigenvalue weighted by molar-refractivity contribution is -0.140. The molecule has 2 aliphatic rings. The van der Waals surface area contributed by atoms with E-state index >= 15 is 0 Å². The Labute approximate surface area is 235 Å². The average molecular weight is 595 g/mol. The number of aliphatic hydroxyl groups is 1. The Morgan fingerprint density at radius 2 is 1.15 bits per heavy atom. The van der Waals surface area contributed by atoms with Crippen LogP contribution in [0.15, 0.2) is 0 Å². The third kappa shape index (κ3) is 14.7. The summed E-state index contributed by atoms with van der Waals surface area (Å²) in [7, 11) is -2.77. The minimum Gasteiger partial charge on any atom is -0.480 e. The number of carboxylic acid groups (broad SMARTS) is 3. The Morgan fingerprint density at radius 3 is 1.52 bits per heavy atom. The number of aliphatic carboxylic acids is 3. The smallest absolute Gasteiger partial charge is 0.480 e. The SMILES string of the molecule is O=C(O)CN1CCN(CC(=O)O)CCN(CC(O)CN(CO[P+](=O)O)C2CCCCC2)CCN(CC(=O)O)CC1. The number of carbonyl (C=O) groups is 3. The number of nitrogens with zero attached hydrogens (tertiary/aromatic N) is 5. The van der Waals surface area contributed by atoms with Crippen LogP contribution >= 0.6 is 8.25 Å².